The van der Waals surface area contributed by atoms with E-state index in [1.54, 1.807) is 24.3 Å². The maximum atomic E-state index is 12.7. The monoisotopic (exact) mass is 396 g/mol. The summed E-state index contributed by atoms with van der Waals surface area (Å²) in [5, 5.41) is 2.83. The summed E-state index contributed by atoms with van der Waals surface area (Å²) in [6.07, 6.45) is 1.03. The molecular formula is C22H24N2O3S. The SMILES string of the molecule is Cc1ccc(S(=O)(=O)N2CCC(C(=O)NCC#Cc3ccccc3)CC2)cc1. The third-order valence-electron chi connectivity index (χ3n) is 4.84. The van der Waals surface area contributed by atoms with Crippen LogP contribution in [0.3, 0.4) is 0 Å². The lowest BCUT2D eigenvalue weighted by Gasteiger charge is -2.30. The first-order valence-electron chi connectivity index (χ1n) is 9.35. The Balaban J connectivity index is 1.50. The molecule has 0 radical (unpaired) electrons. The van der Waals surface area contributed by atoms with Crippen LogP contribution in [-0.4, -0.2) is 38.3 Å². The van der Waals surface area contributed by atoms with Crippen molar-refractivity contribution in [2.24, 2.45) is 5.92 Å². The van der Waals surface area contributed by atoms with Crippen molar-refractivity contribution in [1.82, 2.24) is 9.62 Å². The second kappa shape index (κ2) is 9.05. The van der Waals surface area contributed by atoms with Crippen molar-refractivity contribution in [3.63, 3.8) is 0 Å². The summed E-state index contributed by atoms with van der Waals surface area (Å²) < 4.78 is 26.9. The Hall–Kier alpha value is -2.62. The minimum Gasteiger partial charge on any atom is -0.345 e. The normalized spacial score (nSPS) is 15.5. The van der Waals surface area contributed by atoms with Crippen LogP contribution in [-0.2, 0) is 14.8 Å². The second-order valence-electron chi connectivity index (χ2n) is 6.88. The van der Waals surface area contributed by atoms with Crippen molar-refractivity contribution in [2.45, 2.75) is 24.7 Å². The molecule has 6 heteroatoms. The molecule has 0 spiro atoms. The predicted molar refractivity (Wildman–Crippen MR) is 109 cm³/mol. The highest BCUT2D eigenvalue weighted by Crippen LogP contribution is 2.24. The van der Waals surface area contributed by atoms with Gasteiger partial charge in [0.05, 0.1) is 11.4 Å². The Bertz CT molecular complexity index is 966. The van der Waals surface area contributed by atoms with Crippen molar-refractivity contribution >= 4 is 15.9 Å². The van der Waals surface area contributed by atoms with E-state index in [4.69, 9.17) is 0 Å². The number of sulfonamides is 1. The fourth-order valence-electron chi connectivity index (χ4n) is 3.16. The average molecular weight is 397 g/mol. The Morgan fingerprint density at radius 2 is 1.71 bits per heavy atom. The molecule has 5 nitrogen and oxygen atoms in total. The lowest BCUT2D eigenvalue weighted by molar-refractivity contribution is -0.125. The molecule has 1 heterocycles. The molecule has 0 unspecified atom stereocenters. The summed E-state index contributed by atoms with van der Waals surface area (Å²) in [6.45, 7) is 2.91. The Kier molecular flexibility index (Phi) is 6.50. The number of benzene rings is 2. The second-order valence-corrected chi connectivity index (χ2v) is 8.81. The van der Waals surface area contributed by atoms with Crippen LogP contribution in [0.2, 0.25) is 0 Å². The molecule has 0 atom stereocenters. The summed E-state index contributed by atoms with van der Waals surface area (Å²) in [6, 6.07) is 16.5. The quantitative estimate of drug-likeness (QED) is 0.808. The first-order valence-corrected chi connectivity index (χ1v) is 10.8. The van der Waals surface area contributed by atoms with Crippen LogP contribution in [0.1, 0.15) is 24.0 Å². The van der Waals surface area contributed by atoms with Crippen molar-refractivity contribution < 1.29 is 13.2 Å². The zero-order valence-corrected chi connectivity index (χ0v) is 16.7. The van der Waals surface area contributed by atoms with E-state index in [0.717, 1.165) is 11.1 Å². The van der Waals surface area contributed by atoms with Gasteiger partial charge in [-0.2, -0.15) is 4.31 Å². The molecule has 1 amide bonds. The number of hydrogen-bond donors (Lipinski definition) is 1. The number of amides is 1. The fourth-order valence-corrected chi connectivity index (χ4v) is 4.63. The molecule has 1 aliphatic heterocycles. The van der Waals surface area contributed by atoms with Gasteiger partial charge in [0.2, 0.25) is 15.9 Å². The standard InChI is InChI=1S/C22H24N2O3S/c1-18-9-11-21(12-10-18)28(26,27)24-16-13-20(14-17-24)22(25)23-15-5-8-19-6-3-2-4-7-19/h2-4,6-7,9-12,20H,13-17H2,1H3,(H,23,25). The van der Waals surface area contributed by atoms with E-state index in [0.29, 0.717) is 30.8 Å². The molecule has 1 saturated heterocycles. The predicted octanol–water partition coefficient (Wildman–Crippen LogP) is 2.56. The highest BCUT2D eigenvalue weighted by molar-refractivity contribution is 7.89. The highest BCUT2D eigenvalue weighted by Gasteiger charge is 2.31. The molecule has 0 aliphatic carbocycles. The number of nitrogens with zero attached hydrogens (tertiary/aromatic N) is 1. The van der Waals surface area contributed by atoms with Gasteiger partial charge in [-0.05, 0) is 44.0 Å². The number of rotatable bonds is 4. The Morgan fingerprint density at radius 3 is 2.36 bits per heavy atom. The highest BCUT2D eigenvalue weighted by atomic mass is 32.2. The van der Waals surface area contributed by atoms with Gasteiger partial charge in [-0.1, -0.05) is 47.7 Å². The van der Waals surface area contributed by atoms with Crippen LogP contribution >= 0.6 is 0 Å². The molecule has 0 saturated carbocycles. The smallest absolute Gasteiger partial charge is 0.243 e. The van der Waals surface area contributed by atoms with Crippen molar-refractivity contribution in [2.75, 3.05) is 19.6 Å². The van der Waals surface area contributed by atoms with Crippen molar-refractivity contribution in [1.29, 1.82) is 0 Å². The average Bonchev–Trinajstić information content (AvgIpc) is 2.72. The summed E-state index contributed by atoms with van der Waals surface area (Å²) in [4.78, 5) is 12.6. The van der Waals surface area contributed by atoms with Gasteiger partial charge in [-0.15, -0.1) is 0 Å². The largest absolute Gasteiger partial charge is 0.345 e. The maximum Gasteiger partial charge on any atom is 0.243 e. The van der Waals surface area contributed by atoms with E-state index in [9.17, 15) is 13.2 Å². The number of hydrogen-bond acceptors (Lipinski definition) is 3. The summed E-state index contributed by atoms with van der Waals surface area (Å²) in [5.74, 6) is 5.70. The van der Waals surface area contributed by atoms with E-state index in [-0.39, 0.29) is 18.4 Å². The third kappa shape index (κ3) is 5.00. The van der Waals surface area contributed by atoms with E-state index in [1.165, 1.54) is 4.31 Å². The van der Waals surface area contributed by atoms with E-state index >= 15 is 0 Å². The molecule has 0 bridgehead atoms. The first kappa shape index (κ1) is 20.1. The van der Waals surface area contributed by atoms with Gasteiger partial charge >= 0.3 is 0 Å². The minimum absolute atomic E-state index is 0.0604. The lowest BCUT2D eigenvalue weighted by Crippen LogP contribution is -2.43. The Morgan fingerprint density at radius 1 is 1.07 bits per heavy atom. The van der Waals surface area contributed by atoms with Crippen molar-refractivity contribution in [3.8, 4) is 11.8 Å². The number of nitrogens with one attached hydrogen (secondary N) is 1. The van der Waals surface area contributed by atoms with E-state index in [2.05, 4.69) is 17.2 Å². The number of carbonyl (C=O) groups is 1. The van der Waals surface area contributed by atoms with Crippen LogP contribution in [0.25, 0.3) is 0 Å². The number of piperidine rings is 1. The van der Waals surface area contributed by atoms with Crippen LogP contribution < -0.4 is 5.32 Å². The molecule has 146 valence electrons. The molecular weight excluding hydrogens is 372 g/mol. The zero-order chi connectivity index (χ0) is 20.0. The molecule has 28 heavy (non-hydrogen) atoms. The van der Waals surface area contributed by atoms with Gasteiger partial charge in [-0.3, -0.25) is 4.79 Å². The lowest BCUT2D eigenvalue weighted by atomic mass is 9.97. The summed E-state index contributed by atoms with van der Waals surface area (Å²) >= 11 is 0. The molecule has 1 fully saturated rings. The number of aryl methyl sites for hydroxylation is 1. The fraction of sp³-hybridized carbons (Fsp3) is 0.318. The van der Waals surface area contributed by atoms with Crippen LogP contribution in [0.4, 0.5) is 0 Å². The van der Waals surface area contributed by atoms with E-state index < -0.39 is 10.0 Å². The van der Waals surface area contributed by atoms with Crippen LogP contribution in [0.5, 0.6) is 0 Å². The van der Waals surface area contributed by atoms with Crippen LogP contribution in [0.15, 0.2) is 59.5 Å². The topological polar surface area (TPSA) is 66.5 Å². The van der Waals surface area contributed by atoms with Gasteiger partial charge in [0, 0.05) is 24.6 Å². The van der Waals surface area contributed by atoms with Crippen LogP contribution in [0, 0.1) is 24.7 Å². The molecule has 2 aromatic carbocycles. The maximum absolute atomic E-state index is 12.7. The summed E-state index contributed by atoms with van der Waals surface area (Å²) in [7, 11) is -3.50. The van der Waals surface area contributed by atoms with Gasteiger partial charge in [0.15, 0.2) is 0 Å². The van der Waals surface area contributed by atoms with Crippen molar-refractivity contribution in [3.05, 3.63) is 65.7 Å². The van der Waals surface area contributed by atoms with Gasteiger partial charge in [0.25, 0.3) is 0 Å². The van der Waals surface area contributed by atoms with E-state index in [1.807, 2.05) is 37.3 Å². The molecule has 2 aromatic rings. The number of carbonyl (C=O) groups excluding carboxylic acids is 1. The molecule has 3 rings (SSSR count). The van der Waals surface area contributed by atoms with Gasteiger partial charge < -0.3 is 5.32 Å². The third-order valence-corrected chi connectivity index (χ3v) is 6.75. The van der Waals surface area contributed by atoms with Gasteiger partial charge in [0.1, 0.15) is 0 Å². The molecule has 1 N–H and O–H groups in total. The zero-order valence-electron chi connectivity index (χ0n) is 15.9. The minimum atomic E-state index is -3.50. The molecule has 0 aromatic heterocycles. The summed E-state index contributed by atoms with van der Waals surface area (Å²) in [5.41, 5.74) is 1.93. The first-order chi connectivity index (χ1) is 13.5. The Labute approximate surface area is 166 Å². The molecule has 1 aliphatic rings. The van der Waals surface area contributed by atoms with Gasteiger partial charge in [-0.25, -0.2) is 8.42 Å².